The van der Waals surface area contributed by atoms with Gasteiger partial charge in [0, 0.05) is 19.5 Å². The molecule has 0 aromatic heterocycles. The zero-order valence-corrected chi connectivity index (χ0v) is 8.93. The van der Waals surface area contributed by atoms with Gasteiger partial charge in [-0.25, -0.2) is 0 Å². The lowest BCUT2D eigenvalue weighted by Crippen LogP contribution is -2.29. The van der Waals surface area contributed by atoms with E-state index in [9.17, 15) is 4.79 Å². The van der Waals surface area contributed by atoms with Crippen molar-refractivity contribution in [1.29, 1.82) is 0 Å². The molecule has 0 aromatic carbocycles. The predicted octanol–water partition coefficient (Wildman–Crippen LogP) is 1.42. The number of nitrogens with one attached hydrogen (secondary N) is 1. The summed E-state index contributed by atoms with van der Waals surface area (Å²) in [6.07, 6.45) is 8.50. The molecule has 3 N–H and O–H groups in total. The van der Waals surface area contributed by atoms with Gasteiger partial charge in [0.05, 0.1) is 0 Å². The summed E-state index contributed by atoms with van der Waals surface area (Å²) < 4.78 is 0. The van der Waals surface area contributed by atoms with Crippen molar-refractivity contribution in [2.45, 2.75) is 44.9 Å². The van der Waals surface area contributed by atoms with E-state index in [0.717, 1.165) is 12.3 Å². The normalized spacial score (nSPS) is 18.1. The van der Waals surface area contributed by atoms with Gasteiger partial charge >= 0.3 is 0 Å². The first-order valence-corrected chi connectivity index (χ1v) is 5.79. The third kappa shape index (κ3) is 4.61. The quantitative estimate of drug-likeness (QED) is 0.702. The van der Waals surface area contributed by atoms with Crippen molar-refractivity contribution in [1.82, 2.24) is 5.32 Å². The van der Waals surface area contributed by atoms with E-state index in [-0.39, 0.29) is 5.91 Å². The molecule has 0 unspecified atom stereocenters. The lowest BCUT2D eigenvalue weighted by atomic mass is 9.86. The van der Waals surface area contributed by atoms with E-state index >= 15 is 0 Å². The first kappa shape index (κ1) is 11.5. The maximum absolute atomic E-state index is 11.3. The predicted molar refractivity (Wildman–Crippen MR) is 57.9 cm³/mol. The first-order chi connectivity index (χ1) is 6.83. The highest BCUT2D eigenvalue weighted by Gasteiger charge is 2.14. The smallest absolute Gasteiger partial charge is 0.220 e. The van der Waals surface area contributed by atoms with Gasteiger partial charge in [-0.2, -0.15) is 0 Å². The Kier molecular flexibility index (Phi) is 5.60. The second-order valence-electron chi connectivity index (χ2n) is 4.18. The van der Waals surface area contributed by atoms with E-state index in [4.69, 9.17) is 5.73 Å². The Morgan fingerprint density at radius 1 is 1.29 bits per heavy atom. The average molecular weight is 198 g/mol. The molecule has 1 amide bonds. The molecule has 0 atom stereocenters. The van der Waals surface area contributed by atoms with Crippen LogP contribution in [-0.2, 0) is 4.79 Å². The van der Waals surface area contributed by atoms with Crippen LogP contribution in [0.3, 0.4) is 0 Å². The minimum atomic E-state index is 0.168. The summed E-state index contributed by atoms with van der Waals surface area (Å²) in [5.41, 5.74) is 5.30. The number of carbonyl (C=O) groups excluding carboxylic acids is 1. The highest BCUT2D eigenvalue weighted by Crippen LogP contribution is 2.26. The number of carbonyl (C=O) groups is 1. The number of rotatable bonds is 5. The van der Waals surface area contributed by atoms with Crippen molar-refractivity contribution in [3.05, 3.63) is 0 Å². The largest absolute Gasteiger partial charge is 0.355 e. The third-order valence-corrected chi connectivity index (χ3v) is 2.97. The van der Waals surface area contributed by atoms with Gasteiger partial charge in [0.25, 0.3) is 0 Å². The molecule has 0 heterocycles. The van der Waals surface area contributed by atoms with Crippen LogP contribution in [0.5, 0.6) is 0 Å². The molecule has 82 valence electrons. The van der Waals surface area contributed by atoms with E-state index in [0.29, 0.717) is 19.5 Å². The van der Waals surface area contributed by atoms with Crippen LogP contribution >= 0.6 is 0 Å². The van der Waals surface area contributed by atoms with Gasteiger partial charge in [-0.1, -0.05) is 32.1 Å². The molecule has 14 heavy (non-hydrogen) atoms. The van der Waals surface area contributed by atoms with Gasteiger partial charge in [0.15, 0.2) is 0 Å². The van der Waals surface area contributed by atoms with Crippen LogP contribution in [0.25, 0.3) is 0 Å². The Morgan fingerprint density at radius 2 is 2.00 bits per heavy atom. The van der Waals surface area contributed by atoms with E-state index < -0.39 is 0 Å². The molecule has 1 aliphatic rings. The maximum atomic E-state index is 11.3. The average Bonchev–Trinajstić information content (AvgIpc) is 2.25. The molecule has 0 aliphatic heterocycles. The summed E-state index contributed by atoms with van der Waals surface area (Å²) in [6.45, 7) is 1.15. The molecule has 0 bridgehead atoms. The number of hydrogen-bond acceptors (Lipinski definition) is 2. The van der Waals surface area contributed by atoms with E-state index in [1.54, 1.807) is 0 Å². The van der Waals surface area contributed by atoms with Crippen LogP contribution in [0.2, 0.25) is 0 Å². The lowest BCUT2D eigenvalue weighted by molar-refractivity contribution is -0.121. The van der Waals surface area contributed by atoms with Gasteiger partial charge in [0.2, 0.25) is 5.91 Å². The number of nitrogens with two attached hydrogens (primary N) is 1. The molecule has 0 saturated heterocycles. The third-order valence-electron chi connectivity index (χ3n) is 2.97. The van der Waals surface area contributed by atoms with Crippen LogP contribution in [0, 0.1) is 5.92 Å². The molecule has 1 saturated carbocycles. The summed E-state index contributed by atoms with van der Waals surface area (Å²) in [7, 11) is 0. The lowest BCUT2D eigenvalue weighted by Gasteiger charge is -2.20. The standard InChI is InChI=1S/C11H22N2O/c12-8-9-13-11(14)7-6-10-4-2-1-3-5-10/h10H,1-9,12H2,(H,13,14). The molecule has 0 radical (unpaired) electrons. The molecule has 1 aliphatic carbocycles. The second-order valence-corrected chi connectivity index (χ2v) is 4.18. The van der Waals surface area contributed by atoms with Gasteiger partial charge in [-0.05, 0) is 12.3 Å². The Morgan fingerprint density at radius 3 is 2.64 bits per heavy atom. The summed E-state index contributed by atoms with van der Waals surface area (Å²) in [5.74, 6) is 0.966. The Labute approximate surface area is 86.4 Å². The summed E-state index contributed by atoms with van der Waals surface area (Å²) in [4.78, 5) is 11.3. The Balaban J connectivity index is 2.03. The fourth-order valence-corrected chi connectivity index (χ4v) is 2.11. The van der Waals surface area contributed by atoms with Crippen LogP contribution in [0.1, 0.15) is 44.9 Å². The fraction of sp³-hybridized carbons (Fsp3) is 0.909. The second kappa shape index (κ2) is 6.82. The van der Waals surface area contributed by atoms with Crippen molar-refractivity contribution < 1.29 is 4.79 Å². The van der Waals surface area contributed by atoms with E-state index in [2.05, 4.69) is 5.32 Å². The van der Waals surface area contributed by atoms with E-state index in [1.807, 2.05) is 0 Å². The fourth-order valence-electron chi connectivity index (χ4n) is 2.11. The molecular formula is C11H22N2O. The molecule has 0 spiro atoms. The van der Waals surface area contributed by atoms with Crippen LogP contribution in [0.4, 0.5) is 0 Å². The molecule has 1 fully saturated rings. The SMILES string of the molecule is NCCNC(=O)CCC1CCCCC1. The minimum absolute atomic E-state index is 0.168. The summed E-state index contributed by atoms with van der Waals surface area (Å²) in [6, 6.07) is 0. The first-order valence-electron chi connectivity index (χ1n) is 5.79. The van der Waals surface area contributed by atoms with E-state index in [1.165, 1.54) is 32.1 Å². The van der Waals surface area contributed by atoms with Gasteiger partial charge in [-0.3, -0.25) is 4.79 Å². The number of amides is 1. The summed E-state index contributed by atoms with van der Waals surface area (Å²) >= 11 is 0. The Bertz CT molecular complexity index is 165. The van der Waals surface area contributed by atoms with Crippen molar-refractivity contribution in [3.8, 4) is 0 Å². The maximum Gasteiger partial charge on any atom is 0.220 e. The molecular weight excluding hydrogens is 176 g/mol. The molecule has 1 rings (SSSR count). The molecule has 3 heteroatoms. The van der Waals surface area contributed by atoms with Crippen LogP contribution in [-0.4, -0.2) is 19.0 Å². The highest BCUT2D eigenvalue weighted by atomic mass is 16.1. The van der Waals surface area contributed by atoms with Crippen molar-refractivity contribution in [2.75, 3.05) is 13.1 Å². The zero-order chi connectivity index (χ0) is 10.2. The van der Waals surface area contributed by atoms with Crippen molar-refractivity contribution in [2.24, 2.45) is 11.7 Å². The van der Waals surface area contributed by atoms with Crippen molar-refractivity contribution in [3.63, 3.8) is 0 Å². The van der Waals surface area contributed by atoms with Gasteiger partial charge in [-0.15, -0.1) is 0 Å². The van der Waals surface area contributed by atoms with Gasteiger partial charge < -0.3 is 11.1 Å². The number of hydrogen-bond donors (Lipinski definition) is 2. The minimum Gasteiger partial charge on any atom is -0.355 e. The summed E-state index contributed by atoms with van der Waals surface area (Å²) in [5, 5.41) is 2.81. The topological polar surface area (TPSA) is 55.1 Å². The van der Waals surface area contributed by atoms with Crippen LogP contribution in [0.15, 0.2) is 0 Å². The Hall–Kier alpha value is -0.570. The molecule has 0 aromatic rings. The van der Waals surface area contributed by atoms with Crippen molar-refractivity contribution >= 4 is 5.91 Å². The highest BCUT2D eigenvalue weighted by molar-refractivity contribution is 5.75. The monoisotopic (exact) mass is 198 g/mol. The van der Waals surface area contributed by atoms with Gasteiger partial charge in [0.1, 0.15) is 0 Å². The van der Waals surface area contributed by atoms with Crippen LogP contribution < -0.4 is 11.1 Å². The zero-order valence-electron chi connectivity index (χ0n) is 8.93. The molecule has 3 nitrogen and oxygen atoms in total.